The van der Waals surface area contributed by atoms with Gasteiger partial charge in [-0.1, -0.05) is 43.4 Å². The first-order valence-corrected chi connectivity index (χ1v) is 6.69. The van der Waals surface area contributed by atoms with Crippen LogP contribution < -0.4 is 5.73 Å². The van der Waals surface area contributed by atoms with Crippen molar-refractivity contribution in [3.63, 3.8) is 0 Å². The van der Waals surface area contributed by atoms with Crippen molar-refractivity contribution < 1.29 is 14.4 Å². The molecule has 1 heterocycles. The van der Waals surface area contributed by atoms with Crippen LogP contribution in [-0.2, 0) is 14.4 Å². The van der Waals surface area contributed by atoms with Crippen molar-refractivity contribution in [2.24, 2.45) is 11.1 Å². The predicted octanol–water partition coefficient (Wildman–Crippen LogP) is 0.491. The second-order valence-corrected chi connectivity index (χ2v) is 6.64. The summed E-state index contributed by atoms with van der Waals surface area (Å²) in [4.78, 5) is 36.8. The van der Waals surface area contributed by atoms with E-state index in [2.05, 4.69) is 0 Å². The van der Waals surface area contributed by atoms with Crippen LogP contribution in [0.1, 0.15) is 27.2 Å². The van der Waals surface area contributed by atoms with Crippen molar-refractivity contribution in [2.45, 2.75) is 37.2 Å². The highest BCUT2D eigenvalue weighted by atomic mass is 127. The van der Waals surface area contributed by atoms with Crippen molar-refractivity contribution in [1.29, 1.82) is 0 Å². The minimum Gasteiger partial charge on any atom is -0.328 e. The zero-order valence-corrected chi connectivity index (χ0v) is 12.4. The number of hydrogen-bond donors (Lipinski definition) is 1. The average Bonchev–Trinajstić information content (AvgIpc) is 2.44. The fourth-order valence-corrected chi connectivity index (χ4v) is 2.45. The maximum Gasteiger partial charge on any atom is 0.243 e. The van der Waals surface area contributed by atoms with Crippen LogP contribution >= 0.6 is 22.6 Å². The van der Waals surface area contributed by atoms with Gasteiger partial charge in [0.15, 0.2) is 5.78 Å². The molecule has 0 saturated carbocycles. The van der Waals surface area contributed by atoms with Crippen LogP contribution in [0.2, 0.25) is 0 Å². The largest absolute Gasteiger partial charge is 0.328 e. The highest BCUT2D eigenvalue weighted by molar-refractivity contribution is 14.1. The minimum atomic E-state index is -0.824. The van der Waals surface area contributed by atoms with Gasteiger partial charge in [-0.2, -0.15) is 0 Å². The summed E-state index contributed by atoms with van der Waals surface area (Å²) in [6.45, 7) is 5.25. The zero-order chi connectivity index (χ0) is 13.4. The Morgan fingerprint density at radius 1 is 1.53 bits per heavy atom. The lowest BCUT2D eigenvalue weighted by Gasteiger charge is -2.29. The van der Waals surface area contributed by atoms with E-state index in [9.17, 15) is 14.4 Å². The Balaban J connectivity index is 3.00. The number of amides is 2. The first kappa shape index (κ1) is 14.6. The molecule has 0 radical (unpaired) electrons. The molecule has 0 aliphatic carbocycles. The fourth-order valence-electron chi connectivity index (χ4n) is 1.77. The van der Waals surface area contributed by atoms with Gasteiger partial charge in [0.25, 0.3) is 0 Å². The molecule has 1 fully saturated rings. The Morgan fingerprint density at radius 3 is 2.35 bits per heavy atom. The lowest BCUT2D eigenvalue weighted by Crippen LogP contribution is -2.52. The number of halogens is 1. The van der Waals surface area contributed by atoms with Crippen molar-refractivity contribution in [2.75, 3.05) is 6.54 Å². The number of carbonyl (C=O) groups excluding carboxylic acids is 3. The van der Waals surface area contributed by atoms with Crippen LogP contribution in [0, 0.1) is 5.41 Å². The maximum atomic E-state index is 12.2. The SMILES string of the molecule is CC(C)(C)C(=O)[C@H](CN)N1C(=O)CC(I)C1=O. The molecule has 2 amide bonds. The van der Waals surface area contributed by atoms with Crippen LogP contribution in [0.5, 0.6) is 0 Å². The predicted molar refractivity (Wildman–Crippen MR) is 71.6 cm³/mol. The van der Waals surface area contributed by atoms with Gasteiger partial charge in [-0.15, -0.1) is 0 Å². The monoisotopic (exact) mass is 352 g/mol. The molecular weight excluding hydrogens is 335 g/mol. The molecule has 1 unspecified atom stereocenters. The molecule has 5 nitrogen and oxygen atoms in total. The quantitative estimate of drug-likeness (QED) is 0.456. The molecule has 0 aromatic rings. The zero-order valence-electron chi connectivity index (χ0n) is 10.2. The third-order valence-corrected chi connectivity index (χ3v) is 3.68. The molecule has 1 aliphatic heterocycles. The van der Waals surface area contributed by atoms with Crippen LogP contribution in [0.25, 0.3) is 0 Å². The number of carbonyl (C=O) groups is 3. The van der Waals surface area contributed by atoms with E-state index in [4.69, 9.17) is 5.73 Å². The molecular formula is C11H17IN2O3. The molecule has 0 aromatic heterocycles. The fraction of sp³-hybridized carbons (Fsp3) is 0.727. The Morgan fingerprint density at radius 2 is 2.06 bits per heavy atom. The second kappa shape index (κ2) is 5.01. The number of rotatable bonds is 3. The Kier molecular flexibility index (Phi) is 4.29. The molecule has 2 N–H and O–H groups in total. The summed E-state index contributed by atoms with van der Waals surface area (Å²) < 4.78 is -0.373. The number of nitrogens with two attached hydrogens (primary N) is 1. The van der Waals surface area contributed by atoms with Crippen LogP contribution in [0.4, 0.5) is 0 Å². The van der Waals surface area contributed by atoms with Gasteiger partial charge in [0.05, 0.1) is 3.92 Å². The summed E-state index contributed by atoms with van der Waals surface area (Å²) in [6.07, 6.45) is 0.160. The molecule has 0 aromatic carbocycles. The highest BCUT2D eigenvalue weighted by Crippen LogP contribution is 2.26. The van der Waals surface area contributed by atoms with E-state index in [-0.39, 0.29) is 34.5 Å². The molecule has 2 atom stereocenters. The van der Waals surface area contributed by atoms with E-state index in [1.54, 1.807) is 20.8 Å². The Labute approximate surface area is 114 Å². The first-order valence-electron chi connectivity index (χ1n) is 5.44. The summed E-state index contributed by atoms with van der Waals surface area (Å²) in [7, 11) is 0. The van der Waals surface area contributed by atoms with Gasteiger partial charge >= 0.3 is 0 Å². The standard InChI is InChI=1S/C11H17IN2O3/c1-11(2,3)9(16)7(5-13)14-8(15)4-6(12)10(14)17/h6-7H,4-5,13H2,1-3H3/t6?,7-/m0/s1. The molecule has 0 bridgehead atoms. The number of alkyl halides is 1. The Bertz CT molecular complexity index is 362. The van der Waals surface area contributed by atoms with Crippen molar-refractivity contribution in [3.05, 3.63) is 0 Å². The number of Topliss-reactive ketones (excluding diaryl/α,β-unsaturated/α-hetero) is 1. The Hall–Kier alpha value is -0.500. The smallest absolute Gasteiger partial charge is 0.243 e. The van der Waals surface area contributed by atoms with Gasteiger partial charge in [0, 0.05) is 18.4 Å². The topological polar surface area (TPSA) is 80.5 Å². The van der Waals surface area contributed by atoms with Gasteiger partial charge in [0.2, 0.25) is 11.8 Å². The van der Waals surface area contributed by atoms with Gasteiger partial charge in [-0.25, -0.2) is 0 Å². The van der Waals surface area contributed by atoms with Gasteiger partial charge in [-0.05, 0) is 0 Å². The number of nitrogens with zero attached hydrogens (tertiary/aromatic N) is 1. The van der Waals surface area contributed by atoms with Crippen molar-refractivity contribution >= 4 is 40.2 Å². The van der Waals surface area contributed by atoms with Crippen molar-refractivity contribution in [3.8, 4) is 0 Å². The molecule has 17 heavy (non-hydrogen) atoms. The number of likely N-dealkylation sites (tertiary alicyclic amines) is 1. The summed E-state index contributed by atoms with van der Waals surface area (Å²) in [5, 5.41) is 0. The summed E-state index contributed by atoms with van der Waals surface area (Å²) >= 11 is 1.92. The molecule has 1 aliphatic rings. The molecule has 6 heteroatoms. The highest BCUT2D eigenvalue weighted by Gasteiger charge is 2.45. The first-order chi connectivity index (χ1) is 7.70. The lowest BCUT2D eigenvalue weighted by atomic mass is 9.86. The van der Waals surface area contributed by atoms with E-state index in [1.807, 2.05) is 22.6 Å². The molecule has 1 saturated heterocycles. The van der Waals surface area contributed by atoms with Gasteiger partial charge in [-0.3, -0.25) is 19.3 Å². The summed E-state index contributed by atoms with van der Waals surface area (Å²) in [6, 6.07) is -0.824. The van der Waals surface area contributed by atoms with Gasteiger partial charge in [0.1, 0.15) is 6.04 Å². The summed E-state index contributed by atoms with van der Waals surface area (Å²) in [5.41, 5.74) is 4.93. The molecule has 96 valence electrons. The van der Waals surface area contributed by atoms with Gasteiger partial charge < -0.3 is 5.73 Å². The van der Waals surface area contributed by atoms with Crippen LogP contribution in [-0.4, -0.2) is 39.0 Å². The van der Waals surface area contributed by atoms with Crippen LogP contribution in [0.3, 0.4) is 0 Å². The van der Waals surface area contributed by atoms with E-state index in [1.165, 1.54) is 0 Å². The van der Waals surface area contributed by atoms with Crippen LogP contribution in [0.15, 0.2) is 0 Å². The molecule has 0 spiro atoms. The van der Waals surface area contributed by atoms with E-state index in [0.717, 1.165) is 4.90 Å². The number of imide groups is 1. The average molecular weight is 352 g/mol. The minimum absolute atomic E-state index is 0.0169. The lowest BCUT2D eigenvalue weighted by molar-refractivity contribution is -0.147. The third kappa shape index (κ3) is 2.85. The van der Waals surface area contributed by atoms with E-state index < -0.39 is 11.5 Å². The maximum absolute atomic E-state index is 12.2. The molecule has 1 rings (SSSR count). The summed E-state index contributed by atoms with van der Waals surface area (Å²) in [5.74, 6) is -0.779. The normalized spacial score (nSPS) is 23.1. The van der Waals surface area contributed by atoms with Crippen molar-refractivity contribution in [1.82, 2.24) is 4.90 Å². The second-order valence-electron chi connectivity index (χ2n) is 5.14. The van der Waals surface area contributed by atoms with E-state index >= 15 is 0 Å². The number of hydrogen-bond acceptors (Lipinski definition) is 4. The third-order valence-electron chi connectivity index (χ3n) is 2.70. The van der Waals surface area contributed by atoms with E-state index in [0.29, 0.717) is 0 Å². The number of ketones is 1.